The molecule has 17 heteroatoms. The van der Waals surface area contributed by atoms with E-state index in [0.29, 0.717) is 0 Å². The largest absolute Gasteiger partial charge is 0.479 e. The molecule has 15 atom stereocenters. The van der Waals surface area contributed by atoms with Gasteiger partial charge in [-0.15, -0.1) is 0 Å². The minimum atomic E-state index is -2.19. The van der Waals surface area contributed by atoms with Gasteiger partial charge < -0.3 is 74.7 Å². The molecule has 202 valence electrons. The van der Waals surface area contributed by atoms with Crippen molar-refractivity contribution in [2.24, 2.45) is 0 Å². The van der Waals surface area contributed by atoms with Gasteiger partial charge >= 0.3 is 11.9 Å². The zero-order valence-corrected chi connectivity index (χ0v) is 18.0. The zero-order chi connectivity index (χ0) is 26.4. The molecule has 3 aliphatic rings. The van der Waals surface area contributed by atoms with Crippen LogP contribution in [0, 0.1) is 0 Å². The lowest BCUT2D eigenvalue weighted by Crippen LogP contribution is -2.67. The maximum absolute atomic E-state index is 11.5. The quantitative estimate of drug-likeness (QED) is 0.157. The third-order valence-electron chi connectivity index (χ3n) is 5.99. The highest BCUT2D eigenvalue weighted by molar-refractivity contribution is 5.73. The Labute approximate surface area is 196 Å². The van der Waals surface area contributed by atoms with Gasteiger partial charge in [-0.2, -0.15) is 0 Å². The van der Waals surface area contributed by atoms with Crippen molar-refractivity contribution >= 4 is 11.9 Å². The summed E-state index contributed by atoms with van der Waals surface area (Å²) in [4.78, 5) is 22.6. The van der Waals surface area contributed by atoms with Crippen LogP contribution in [0.25, 0.3) is 0 Å². The molecular weight excluding hydrogens is 488 g/mol. The Morgan fingerprint density at radius 2 is 1.06 bits per heavy atom. The summed E-state index contributed by atoms with van der Waals surface area (Å²) >= 11 is 0. The predicted molar refractivity (Wildman–Crippen MR) is 101 cm³/mol. The fourth-order valence-corrected chi connectivity index (χ4v) is 3.93. The Balaban J connectivity index is 1.85. The second kappa shape index (κ2) is 10.8. The minimum Gasteiger partial charge on any atom is -0.479 e. The molecule has 0 spiro atoms. The molecule has 1 unspecified atom stereocenters. The highest BCUT2D eigenvalue weighted by atomic mass is 16.8. The molecule has 3 saturated heterocycles. The summed E-state index contributed by atoms with van der Waals surface area (Å²) in [5.41, 5.74) is 0. The maximum atomic E-state index is 11.5. The molecule has 3 heterocycles. The number of ether oxygens (including phenoxy) is 5. The van der Waals surface area contributed by atoms with Crippen molar-refractivity contribution in [3.8, 4) is 0 Å². The van der Waals surface area contributed by atoms with Crippen LogP contribution in [0.5, 0.6) is 0 Å². The lowest BCUT2D eigenvalue weighted by atomic mass is 9.96. The van der Waals surface area contributed by atoms with Crippen LogP contribution in [0.4, 0.5) is 0 Å². The van der Waals surface area contributed by atoms with E-state index in [1.54, 1.807) is 0 Å². The number of aliphatic hydroxyl groups is 8. The zero-order valence-electron chi connectivity index (χ0n) is 18.0. The van der Waals surface area contributed by atoms with Crippen molar-refractivity contribution < 1.29 is 84.3 Å². The Morgan fingerprint density at radius 3 is 1.60 bits per heavy atom. The normalized spacial score (nSPS) is 51.1. The molecule has 10 N–H and O–H groups in total. The van der Waals surface area contributed by atoms with Crippen molar-refractivity contribution in [1.29, 1.82) is 0 Å². The van der Waals surface area contributed by atoms with Crippen LogP contribution in [0.1, 0.15) is 6.92 Å². The number of carbonyl (C=O) groups is 2. The molecule has 0 aliphatic carbocycles. The molecule has 0 bridgehead atoms. The summed E-state index contributed by atoms with van der Waals surface area (Å²) < 4.78 is 25.8. The number of hydrogen-bond acceptors (Lipinski definition) is 15. The van der Waals surface area contributed by atoms with Crippen molar-refractivity contribution in [2.75, 3.05) is 0 Å². The summed E-state index contributed by atoms with van der Waals surface area (Å²) in [7, 11) is 0. The summed E-state index contributed by atoms with van der Waals surface area (Å²) in [6.45, 7) is 1.32. The van der Waals surface area contributed by atoms with E-state index in [1.807, 2.05) is 0 Å². The average Bonchev–Trinajstić information content (AvgIpc) is 2.79. The minimum absolute atomic E-state index is 1.09. The number of aliphatic carboxylic acids is 2. The number of carboxylic acids is 2. The number of hydrogen-bond donors (Lipinski definition) is 10. The number of rotatable bonds is 6. The second-order valence-electron chi connectivity index (χ2n) is 8.39. The average molecular weight is 516 g/mol. The first-order chi connectivity index (χ1) is 16.3. The first-order valence-corrected chi connectivity index (χ1v) is 10.4. The van der Waals surface area contributed by atoms with Gasteiger partial charge in [0.2, 0.25) is 0 Å². The van der Waals surface area contributed by atoms with E-state index in [1.165, 1.54) is 6.92 Å². The molecule has 3 fully saturated rings. The Morgan fingerprint density at radius 1 is 0.571 bits per heavy atom. The van der Waals surface area contributed by atoms with Crippen LogP contribution < -0.4 is 0 Å². The van der Waals surface area contributed by atoms with E-state index in [0.717, 1.165) is 0 Å². The van der Waals surface area contributed by atoms with Crippen LogP contribution in [0.15, 0.2) is 0 Å². The molecule has 0 saturated carbocycles. The van der Waals surface area contributed by atoms with Gasteiger partial charge in [0.05, 0.1) is 6.10 Å². The van der Waals surface area contributed by atoms with Gasteiger partial charge in [0, 0.05) is 0 Å². The van der Waals surface area contributed by atoms with Gasteiger partial charge in [0.15, 0.2) is 31.1 Å². The van der Waals surface area contributed by atoms with Crippen LogP contribution in [-0.2, 0) is 33.3 Å². The van der Waals surface area contributed by atoms with E-state index in [-0.39, 0.29) is 0 Å². The summed E-state index contributed by atoms with van der Waals surface area (Å²) in [5.74, 6) is -3.47. The van der Waals surface area contributed by atoms with E-state index >= 15 is 0 Å². The Kier molecular flexibility index (Phi) is 8.65. The first kappa shape index (κ1) is 28.0. The number of aliphatic hydroxyl groups excluding tert-OH is 8. The van der Waals surface area contributed by atoms with E-state index < -0.39 is 104 Å². The third-order valence-corrected chi connectivity index (χ3v) is 5.99. The van der Waals surface area contributed by atoms with Gasteiger partial charge in [-0.25, -0.2) is 9.59 Å². The molecule has 0 aromatic carbocycles. The van der Waals surface area contributed by atoms with Crippen molar-refractivity contribution in [2.45, 2.75) is 99.0 Å². The third kappa shape index (κ3) is 5.42. The highest BCUT2D eigenvalue weighted by Gasteiger charge is 2.55. The van der Waals surface area contributed by atoms with Crippen LogP contribution in [-0.4, -0.2) is 155 Å². The molecule has 0 radical (unpaired) electrons. The molecular formula is C18H28O17. The molecule has 17 nitrogen and oxygen atoms in total. The van der Waals surface area contributed by atoms with E-state index in [2.05, 4.69) is 0 Å². The summed E-state index contributed by atoms with van der Waals surface area (Å²) in [5, 5.41) is 99.4. The summed E-state index contributed by atoms with van der Waals surface area (Å²) in [6.07, 6.45) is -28.8. The Bertz CT molecular complexity index is 765. The van der Waals surface area contributed by atoms with Gasteiger partial charge in [0.25, 0.3) is 0 Å². The maximum Gasteiger partial charge on any atom is 0.335 e. The standard InChI is InChI=1S/C18H28O17/c1-2-3(19)4(20)9(25)17(31-2)35-13-8(24)6(22)11(15(28)29)33-18(13)34-12-7(23)5(21)10(14(26)27)32-16(12)30/h2-13,16-25,30H,1H3,(H,26,27)(H,28,29)/t2-,3-,4+,5-,6-,7-,8-,9+,10-,11-,12+,13+,16?,17-,18-/m0/s1. The molecule has 0 aromatic heterocycles. The SMILES string of the molecule is C[C@@H]1O[C@@H](O[C@H]2[C@H](O[C@H]3C(O)O[C@H](C(=O)O)[C@@H](O)[C@@H]3O)O[C@H](C(=O)O)[C@@H](O)[C@@H]2O)[C@H](O)[C@H](O)[C@H]1O. The fraction of sp³-hybridized carbons (Fsp3) is 0.889. The molecule has 0 aromatic rings. The van der Waals surface area contributed by atoms with Crippen LogP contribution in [0.3, 0.4) is 0 Å². The van der Waals surface area contributed by atoms with Crippen LogP contribution >= 0.6 is 0 Å². The van der Waals surface area contributed by atoms with Crippen molar-refractivity contribution in [3.63, 3.8) is 0 Å². The summed E-state index contributed by atoms with van der Waals surface area (Å²) in [6, 6.07) is 0. The lowest BCUT2D eigenvalue weighted by Gasteiger charge is -2.47. The fourth-order valence-electron chi connectivity index (χ4n) is 3.93. The van der Waals surface area contributed by atoms with Crippen molar-refractivity contribution in [1.82, 2.24) is 0 Å². The number of carboxylic acid groups (broad SMARTS) is 2. The Hall–Kier alpha value is -1.58. The first-order valence-electron chi connectivity index (χ1n) is 10.4. The van der Waals surface area contributed by atoms with Gasteiger partial charge in [-0.05, 0) is 6.92 Å². The van der Waals surface area contributed by atoms with Crippen LogP contribution in [0.2, 0.25) is 0 Å². The highest BCUT2D eigenvalue weighted by Crippen LogP contribution is 2.32. The topological polar surface area (TPSA) is 283 Å². The smallest absolute Gasteiger partial charge is 0.335 e. The van der Waals surface area contributed by atoms with Gasteiger partial charge in [-0.3, -0.25) is 0 Å². The molecule has 35 heavy (non-hydrogen) atoms. The lowest BCUT2D eigenvalue weighted by molar-refractivity contribution is -0.384. The second-order valence-corrected chi connectivity index (χ2v) is 8.39. The van der Waals surface area contributed by atoms with Crippen molar-refractivity contribution in [3.05, 3.63) is 0 Å². The molecule has 3 aliphatic heterocycles. The van der Waals surface area contributed by atoms with Gasteiger partial charge in [-0.1, -0.05) is 0 Å². The predicted octanol–water partition coefficient (Wildman–Crippen LogP) is -6.36. The van der Waals surface area contributed by atoms with Gasteiger partial charge in [0.1, 0.15) is 54.9 Å². The van der Waals surface area contributed by atoms with E-state index in [9.17, 15) is 55.5 Å². The molecule has 0 amide bonds. The van der Waals surface area contributed by atoms with E-state index in [4.69, 9.17) is 28.8 Å². The molecule has 3 rings (SSSR count). The monoisotopic (exact) mass is 516 g/mol.